The first-order valence-corrected chi connectivity index (χ1v) is 15.0. The van der Waals surface area contributed by atoms with E-state index in [0.29, 0.717) is 17.7 Å². The molecule has 9 nitrogen and oxygen atoms in total. The molecular weight excluding hydrogens is 558 g/mol. The second kappa shape index (κ2) is 10.6. The summed E-state index contributed by atoms with van der Waals surface area (Å²) in [6, 6.07) is 23.2. The lowest BCUT2D eigenvalue weighted by Crippen LogP contribution is -2.28. The SMILES string of the molecule is Cc1cc(C)n(-c2nc(C=C3N=C4C(=CC(c5ccc(-c6ccccc6)cc5)=CN4C)C3(C)C)nc(-n3nc(C)cc3C)n2)n1. The summed E-state index contributed by atoms with van der Waals surface area (Å²) in [6.45, 7) is 12.3. The smallest absolute Gasteiger partial charge is 0.256 e. The normalized spacial score (nSPS) is 16.5. The van der Waals surface area contributed by atoms with Crippen molar-refractivity contribution in [1.29, 1.82) is 0 Å². The number of amidine groups is 1. The van der Waals surface area contributed by atoms with E-state index < -0.39 is 5.41 Å². The fourth-order valence-electron chi connectivity index (χ4n) is 5.97. The Morgan fingerprint density at radius 2 is 1.24 bits per heavy atom. The van der Waals surface area contributed by atoms with E-state index in [1.54, 1.807) is 9.36 Å². The van der Waals surface area contributed by atoms with Crippen LogP contribution in [-0.4, -0.2) is 52.3 Å². The van der Waals surface area contributed by atoms with Crippen molar-refractivity contribution in [3.8, 4) is 23.0 Å². The van der Waals surface area contributed by atoms with Gasteiger partial charge in [-0.1, -0.05) is 68.4 Å². The number of aryl methyl sites for hydroxylation is 4. The highest BCUT2D eigenvalue weighted by molar-refractivity contribution is 6.08. The third-order valence-corrected chi connectivity index (χ3v) is 8.37. The summed E-state index contributed by atoms with van der Waals surface area (Å²) in [5, 5.41) is 9.27. The molecule has 0 bridgehead atoms. The van der Waals surface area contributed by atoms with Crippen molar-refractivity contribution in [3.63, 3.8) is 0 Å². The largest absolute Gasteiger partial charge is 0.335 e. The van der Waals surface area contributed by atoms with Gasteiger partial charge >= 0.3 is 0 Å². The molecule has 0 saturated carbocycles. The van der Waals surface area contributed by atoms with Gasteiger partial charge < -0.3 is 4.90 Å². The number of hydrogen-bond acceptors (Lipinski definition) is 7. The van der Waals surface area contributed by atoms with Crippen LogP contribution < -0.4 is 0 Å². The van der Waals surface area contributed by atoms with Gasteiger partial charge in [0.2, 0.25) is 0 Å². The molecular formula is C36H35N9. The van der Waals surface area contributed by atoms with E-state index in [9.17, 15) is 0 Å². The Balaban J connectivity index is 1.27. The Kier molecular flexibility index (Phi) is 6.69. The van der Waals surface area contributed by atoms with E-state index in [1.165, 1.54) is 11.1 Å². The van der Waals surface area contributed by atoms with Crippen molar-refractivity contribution in [2.45, 2.75) is 41.5 Å². The van der Waals surface area contributed by atoms with Gasteiger partial charge in [0.05, 0.1) is 17.1 Å². The molecule has 0 radical (unpaired) electrons. The van der Waals surface area contributed by atoms with E-state index in [0.717, 1.165) is 51.0 Å². The van der Waals surface area contributed by atoms with E-state index in [2.05, 4.69) is 89.8 Å². The average molecular weight is 594 g/mol. The molecule has 0 aliphatic carbocycles. The first-order valence-electron chi connectivity index (χ1n) is 15.0. The van der Waals surface area contributed by atoms with Gasteiger partial charge in [0.15, 0.2) is 5.82 Å². The van der Waals surface area contributed by atoms with Crippen molar-refractivity contribution in [2.75, 3.05) is 7.05 Å². The highest BCUT2D eigenvalue weighted by Crippen LogP contribution is 2.46. The molecule has 224 valence electrons. The third-order valence-electron chi connectivity index (χ3n) is 8.37. The summed E-state index contributed by atoms with van der Waals surface area (Å²) in [5.41, 5.74) is 9.97. The number of benzene rings is 2. The van der Waals surface area contributed by atoms with E-state index in [-0.39, 0.29) is 0 Å². The maximum absolute atomic E-state index is 5.11. The van der Waals surface area contributed by atoms with E-state index in [1.807, 2.05) is 59.0 Å². The van der Waals surface area contributed by atoms with E-state index >= 15 is 0 Å². The maximum Gasteiger partial charge on any atom is 0.256 e. The molecule has 9 heteroatoms. The topological polar surface area (TPSA) is 89.9 Å². The van der Waals surface area contributed by atoms with Gasteiger partial charge in [-0.25, -0.2) is 14.4 Å². The lowest BCUT2D eigenvalue weighted by molar-refractivity contribution is 0.566. The van der Waals surface area contributed by atoms with E-state index in [4.69, 9.17) is 19.9 Å². The molecule has 5 heterocycles. The van der Waals surface area contributed by atoms with Gasteiger partial charge in [-0.3, -0.25) is 0 Å². The molecule has 3 aromatic heterocycles. The summed E-state index contributed by atoms with van der Waals surface area (Å²) in [4.78, 5) is 21.7. The molecule has 2 aliphatic rings. The van der Waals surface area contributed by atoms with Crippen LogP contribution in [0, 0.1) is 33.1 Å². The first-order chi connectivity index (χ1) is 21.6. The minimum Gasteiger partial charge on any atom is -0.335 e. The minimum atomic E-state index is -0.392. The monoisotopic (exact) mass is 593 g/mol. The Hall–Kier alpha value is -5.44. The zero-order valence-electron chi connectivity index (χ0n) is 26.6. The molecule has 0 atom stereocenters. The van der Waals surface area contributed by atoms with Gasteiger partial charge in [0, 0.05) is 41.7 Å². The van der Waals surface area contributed by atoms with Crippen LogP contribution >= 0.6 is 0 Å². The molecule has 7 rings (SSSR count). The van der Waals surface area contributed by atoms with Crippen LogP contribution in [0.4, 0.5) is 0 Å². The number of fused-ring (bicyclic) bond motifs is 1. The Morgan fingerprint density at radius 3 is 1.80 bits per heavy atom. The molecule has 45 heavy (non-hydrogen) atoms. The van der Waals surface area contributed by atoms with Crippen molar-refractivity contribution < 1.29 is 0 Å². The second-order valence-electron chi connectivity index (χ2n) is 12.3. The Labute approximate surface area is 263 Å². The van der Waals surface area contributed by atoms with Gasteiger partial charge in [-0.2, -0.15) is 25.1 Å². The lowest BCUT2D eigenvalue weighted by Gasteiger charge is -2.28. The van der Waals surface area contributed by atoms with Crippen molar-refractivity contribution in [3.05, 3.63) is 124 Å². The van der Waals surface area contributed by atoms with Crippen LogP contribution in [0.1, 0.15) is 48.0 Å². The summed E-state index contributed by atoms with van der Waals surface area (Å²) in [7, 11) is 2.05. The minimum absolute atomic E-state index is 0.392. The zero-order valence-corrected chi connectivity index (χ0v) is 26.6. The van der Waals surface area contributed by atoms with Gasteiger partial charge in [0.1, 0.15) is 5.84 Å². The quantitative estimate of drug-likeness (QED) is 0.222. The molecule has 0 saturated heterocycles. The molecule has 0 N–H and O–H groups in total. The number of likely N-dealkylation sites (N-methyl/N-ethyl adjacent to an activating group) is 1. The number of aromatic nitrogens is 7. The predicted octanol–water partition coefficient (Wildman–Crippen LogP) is 6.84. The van der Waals surface area contributed by atoms with Crippen molar-refractivity contribution >= 4 is 17.5 Å². The van der Waals surface area contributed by atoms with Crippen LogP contribution in [0.5, 0.6) is 0 Å². The maximum atomic E-state index is 5.11. The highest BCUT2D eigenvalue weighted by atomic mass is 15.4. The number of aliphatic imine (C=N–C) groups is 1. The number of rotatable bonds is 5. The summed E-state index contributed by atoms with van der Waals surface area (Å²) < 4.78 is 3.49. The molecule has 0 fully saturated rings. The van der Waals surface area contributed by atoms with Gasteiger partial charge in [-0.15, -0.1) is 0 Å². The average Bonchev–Trinajstić information content (AvgIpc) is 3.64. The van der Waals surface area contributed by atoms with Gasteiger partial charge in [0.25, 0.3) is 11.9 Å². The second-order valence-corrected chi connectivity index (χ2v) is 12.3. The summed E-state index contributed by atoms with van der Waals surface area (Å²) in [5.74, 6) is 2.28. The standard InChI is InChI=1S/C36H35N9/c1-22-17-24(3)44(41-22)34-38-32(39-35(40-34)45-25(4)18-23(2)42-45)20-31-36(5,6)30-19-29(21-43(7)33(30)37-31)28-15-13-27(14-16-28)26-11-9-8-10-12-26/h8-21H,1-7H3. The fourth-order valence-corrected chi connectivity index (χ4v) is 5.97. The van der Waals surface area contributed by atoms with Crippen LogP contribution in [0.3, 0.4) is 0 Å². The highest BCUT2D eigenvalue weighted by Gasteiger charge is 2.40. The van der Waals surface area contributed by atoms with Crippen molar-refractivity contribution in [2.24, 2.45) is 10.4 Å². The number of hydrogen-bond donors (Lipinski definition) is 0. The predicted molar refractivity (Wildman–Crippen MR) is 178 cm³/mol. The summed E-state index contributed by atoms with van der Waals surface area (Å²) >= 11 is 0. The molecule has 2 aliphatic heterocycles. The Morgan fingerprint density at radius 1 is 0.689 bits per heavy atom. The van der Waals surface area contributed by atoms with Crippen LogP contribution in [-0.2, 0) is 0 Å². The first kappa shape index (κ1) is 28.3. The van der Waals surface area contributed by atoms with Gasteiger partial charge in [-0.05, 0) is 68.2 Å². The van der Waals surface area contributed by atoms with Crippen LogP contribution in [0.25, 0.3) is 34.7 Å². The lowest BCUT2D eigenvalue weighted by atomic mass is 9.80. The third kappa shape index (κ3) is 5.10. The number of allylic oxidation sites excluding steroid dienone is 3. The molecule has 5 aromatic rings. The molecule has 0 amide bonds. The molecule has 0 spiro atoms. The Bertz CT molecular complexity index is 2010. The van der Waals surface area contributed by atoms with Crippen molar-refractivity contribution in [1.82, 2.24) is 39.4 Å². The van der Waals surface area contributed by atoms with Crippen LogP contribution in [0.15, 0.2) is 95.3 Å². The summed E-state index contributed by atoms with van der Waals surface area (Å²) in [6.07, 6.45) is 6.36. The molecule has 2 aromatic carbocycles. The van der Waals surface area contributed by atoms with Crippen LogP contribution in [0.2, 0.25) is 0 Å². The zero-order chi connectivity index (χ0) is 31.5. The number of nitrogens with zero attached hydrogens (tertiary/aromatic N) is 9. The fraction of sp³-hybridized carbons (Fsp3) is 0.222. The molecule has 0 unspecified atom stereocenters.